The van der Waals surface area contributed by atoms with Crippen molar-refractivity contribution in [3.8, 4) is 0 Å². The quantitative estimate of drug-likeness (QED) is 0.672. The summed E-state index contributed by atoms with van der Waals surface area (Å²) in [7, 11) is 1.00. The van der Waals surface area contributed by atoms with E-state index in [0.717, 1.165) is 20.3 Å². The number of rotatable bonds is 6. The first-order valence-corrected chi connectivity index (χ1v) is 5.85. The molecule has 0 spiro atoms. The molecule has 0 rings (SSSR count). The number of aliphatic hydroxyl groups excluding tert-OH is 1. The zero-order valence-electron chi connectivity index (χ0n) is 10.8. The van der Waals surface area contributed by atoms with Gasteiger partial charge in [0.05, 0.1) is 0 Å². The Kier molecular flexibility index (Phi) is 40.7. The van der Waals surface area contributed by atoms with E-state index in [1.807, 2.05) is 13.8 Å². The van der Waals surface area contributed by atoms with E-state index in [-0.39, 0.29) is 0 Å². The van der Waals surface area contributed by atoms with Gasteiger partial charge in [0.25, 0.3) is 0 Å². The topological polar surface area (TPSA) is 29.5 Å². The first-order valence-electron chi connectivity index (χ1n) is 5.85. The molecule has 0 heterocycles. The van der Waals surface area contributed by atoms with Gasteiger partial charge in [-0.3, -0.25) is 0 Å². The molecule has 0 aliphatic carbocycles. The zero-order chi connectivity index (χ0) is 11.7. The van der Waals surface area contributed by atoms with E-state index in [2.05, 4.69) is 13.8 Å². The van der Waals surface area contributed by atoms with Crippen LogP contribution in [0.15, 0.2) is 0 Å². The van der Waals surface area contributed by atoms with Crippen molar-refractivity contribution in [3.05, 3.63) is 0 Å². The maximum Gasteiger partial charge on any atom is 0.0437 e. The zero-order valence-corrected chi connectivity index (χ0v) is 10.8. The minimum Gasteiger partial charge on any atom is -0.400 e. The second-order valence-electron chi connectivity index (χ2n) is 2.84. The Hall–Kier alpha value is -0.0800. The van der Waals surface area contributed by atoms with Crippen molar-refractivity contribution in [2.24, 2.45) is 0 Å². The van der Waals surface area contributed by atoms with Crippen LogP contribution < -0.4 is 0 Å². The molecular formula is C12H30O2. The van der Waals surface area contributed by atoms with Crippen molar-refractivity contribution < 1.29 is 9.84 Å². The molecule has 0 unspecified atom stereocenters. The molecule has 0 atom stereocenters. The lowest BCUT2D eigenvalue weighted by Gasteiger charge is -1.90. The van der Waals surface area contributed by atoms with Gasteiger partial charge in [0.15, 0.2) is 0 Å². The van der Waals surface area contributed by atoms with Crippen LogP contribution in [0.25, 0.3) is 0 Å². The Morgan fingerprint density at radius 2 is 1.07 bits per heavy atom. The van der Waals surface area contributed by atoms with Crippen molar-refractivity contribution >= 4 is 0 Å². The second-order valence-corrected chi connectivity index (χ2v) is 2.84. The summed E-state index contributed by atoms with van der Waals surface area (Å²) in [6.45, 7) is 10.2. The lowest BCUT2D eigenvalue weighted by molar-refractivity contribution is 0.162. The molecule has 0 aliphatic rings. The van der Waals surface area contributed by atoms with Crippen LogP contribution in [-0.2, 0) is 4.74 Å². The first-order chi connectivity index (χ1) is 6.83. The van der Waals surface area contributed by atoms with Crippen molar-refractivity contribution in [2.45, 2.75) is 59.8 Å². The van der Waals surface area contributed by atoms with Gasteiger partial charge in [-0.1, -0.05) is 46.0 Å². The SMILES string of the molecule is CCCCCCC.CCOCC.CO. The van der Waals surface area contributed by atoms with Crippen molar-refractivity contribution in [1.82, 2.24) is 0 Å². The van der Waals surface area contributed by atoms with Crippen LogP contribution in [-0.4, -0.2) is 25.4 Å². The number of ether oxygens (including phenoxy) is 1. The maximum atomic E-state index is 7.00. The summed E-state index contributed by atoms with van der Waals surface area (Å²) in [6.07, 6.45) is 7.01. The molecule has 0 aromatic rings. The molecule has 0 radical (unpaired) electrons. The van der Waals surface area contributed by atoms with Gasteiger partial charge in [-0.2, -0.15) is 0 Å². The largest absolute Gasteiger partial charge is 0.400 e. The molecule has 0 amide bonds. The van der Waals surface area contributed by atoms with E-state index >= 15 is 0 Å². The van der Waals surface area contributed by atoms with Gasteiger partial charge in [-0.25, -0.2) is 0 Å². The molecule has 0 aromatic heterocycles. The van der Waals surface area contributed by atoms with E-state index in [1.54, 1.807) is 0 Å². The number of hydrogen-bond acceptors (Lipinski definition) is 2. The van der Waals surface area contributed by atoms with Crippen LogP contribution in [0.5, 0.6) is 0 Å². The van der Waals surface area contributed by atoms with Gasteiger partial charge >= 0.3 is 0 Å². The van der Waals surface area contributed by atoms with Crippen molar-refractivity contribution in [1.29, 1.82) is 0 Å². The average Bonchev–Trinajstić information content (AvgIpc) is 2.24. The molecule has 0 saturated heterocycles. The van der Waals surface area contributed by atoms with Gasteiger partial charge in [-0.05, 0) is 13.8 Å². The smallest absolute Gasteiger partial charge is 0.0437 e. The third kappa shape index (κ3) is 40.6. The molecule has 0 aliphatic heterocycles. The summed E-state index contributed by atoms with van der Waals surface area (Å²) in [5, 5.41) is 7.00. The Morgan fingerprint density at radius 1 is 0.714 bits per heavy atom. The average molecular weight is 206 g/mol. The fourth-order valence-corrected chi connectivity index (χ4v) is 0.881. The molecule has 0 saturated carbocycles. The van der Waals surface area contributed by atoms with Crippen LogP contribution in [0.1, 0.15) is 59.8 Å². The van der Waals surface area contributed by atoms with Crippen LogP contribution in [0.3, 0.4) is 0 Å². The molecule has 90 valence electrons. The Labute approximate surface area is 90.7 Å². The van der Waals surface area contributed by atoms with Gasteiger partial charge in [0.1, 0.15) is 0 Å². The van der Waals surface area contributed by atoms with E-state index in [4.69, 9.17) is 9.84 Å². The highest BCUT2D eigenvalue weighted by Crippen LogP contribution is 2.00. The third-order valence-corrected chi connectivity index (χ3v) is 1.62. The van der Waals surface area contributed by atoms with Gasteiger partial charge < -0.3 is 9.84 Å². The monoisotopic (exact) mass is 206 g/mol. The predicted octanol–water partition coefficient (Wildman–Crippen LogP) is 3.63. The highest BCUT2D eigenvalue weighted by Gasteiger charge is 1.80. The number of hydrogen-bond donors (Lipinski definition) is 1. The van der Waals surface area contributed by atoms with E-state index < -0.39 is 0 Å². The molecule has 0 aromatic carbocycles. The Morgan fingerprint density at radius 3 is 1.21 bits per heavy atom. The highest BCUT2D eigenvalue weighted by molar-refractivity contribution is 4.35. The highest BCUT2D eigenvalue weighted by atomic mass is 16.5. The normalized spacial score (nSPS) is 8.14. The van der Waals surface area contributed by atoms with Crippen LogP contribution in [0, 0.1) is 0 Å². The molecule has 14 heavy (non-hydrogen) atoms. The lowest BCUT2D eigenvalue weighted by Crippen LogP contribution is -1.84. The summed E-state index contributed by atoms with van der Waals surface area (Å²) in [5.41, 5.74) is 0. The van der Waals surface area contributed by atoms with Gasteiger partial charge in [0, 0.05) is 20.3 Å². The minimum atomic E-state index is 0.844. The summed E-state index contributed by atoms with van der Waals surface area (Å²) in [4.78, 5) is 0. The van der Waals surface area contributed by atoms with E-state index in [9.17, 15) is 0 Å². The third-order valence-electron chi connectivity index (χ3n) is 1.62. The molecule has 2 heteroatoms. The van der Waals surface area contributed by atoms with Crippen LogP contribution >= 0.6 is 0 Å². The Balaban J connectivity index is -0.000000152. The van der Waals surface area contributed by atoms with Crippen molar-refractivity contribution in [3.63, 3.8) is 0 Å². The van der Waals surface area contributed by atoms with E-state index in [0.29, 0.717) is 0 Å². The van der Waals surface area contributed by atoms with Gasteiger partial charge in [-0.15, -0.1) is 0 Å². The maximum absolute atomic E-state index is 7.00. The standard InChI is InChI=1S/C7H16.C4H10O.CH4O/c1-3-5-7-6-4-2;1-3-5-4-2;1-2/h3-7H2,1-2H3;3-4H2,1-2H3;2H,1H3. The molecule has 0 bridgehead atoms. The predicted molar refractivity (Wildman–Crippen MR) is 64.7 cm³/mol. The fourth-order valence-electron chi connectivity index (χ4n) is 0.881. The molecular weight excluding hydrogens is 176 g/mol. The number of aliphatic hydroxyl groups is 1. The first kappa shape index (κ1) is 19.5. The second kappa shape index (κ2) is 29.3. The summed E-state index contributed by atoms with van der Waals surface area (Å²) in [6, 6.07) is 0. The van der Waals surface area contributed by atoms with Crippen LogP contribution in [0.2, 0.25) is 0 Å². The summed E-state index contributed by atoms with van der Waals surface area (Å²) in [5.74, 6) is 0. The van der Waals surface area contributed by atoms with Crippen LogP contribution in [0.4, 0.5) is 0 Å². The minimum absolute atomic E-state index is 0.844. The summed E-state index contributed by atoms with van der Waals surface area (Å²) >= 11 is 0. The fraction of sp³-hybridized carbons (Fsp3) is 1.00. The van der Waals surface area contributed by atoms with E-state index in [1.165, 1.54) is 32.1 Å². The number of unbranched alkanes of at least 4 members (excludes halogenated alkanes) is 4. The molecule has 2 nitrogen and oxygen atoms in total. The lowest BCUT2D eigenvalue weighted by atomic mass is 10.2. The van der Waals surface area contributed by atoms with Gasteiger partial charge in [0.2, 0.25) is 0 Å². The Bertz CT molecular complexity index is 50.3. The summed E-state index contributed by atoms with van der Waals surface area (Å²) < 4.78 is 4.83. The molecule has 1 N–H and O–H groups in total. The van der Waals surface area contributed by atoms with Crippen molar-refractivity contribution in [2.75, 3.05) is 20.3 Å². The molecule has 0 fully saturated rings.